The van der Waals surface area contributed by atoms with Crippen molar-refractivity contribution in [3.63, 3.8) is 0 Å². The highest BCUT2D eigenvalue weighted by molar-refractivity contribution is 8.13. The first kappa shape index (κ1) is 29.5. The third-order valence-electron chi connectivity index (χ3n) is 4.57. The van der Waals surface area contributed by atoms with Crippen LogP contribution in [0.1, 0.15) is 38.2 Å². The number of hydrogen-bond donors (Lipinski definition) is 1. The molecule has 0 radical (unpaired) electrons. The number of aliphatic hydroxyl groups is 1. The van der Waals surface area contributed by atoms with Crippen LogP contribution in [-0.4, -0.2) is 57.1 Å². The van der Waals surface area contributed by atoms with Crippen LogP contribution in [0.3, 0.4) is 0 Å². The third-order valence-corrected chi connectivity index (χ3v) is 7.31. The van der Waals surface area contributed by atoms with E-state index in [-0.39, 0.29) is 0 Å². The van der Waals surface area contributed by atoms with Gasteiger partial charge < -0.3 is 9.23 Å². The van der Waals surface area contributed by atoms with E-state index in [1.165, 1.54) is 24.8 Å². The molecule has 1 aliphatic rings. The highest BCUT2D eigenvalue weighted by Crippen LogP contribution is 2.36. The van der Waals surface area contributed by atoms with E-state index in [0.717, 1.165) is 30.2 Å². The number of alkyl halides is 6. The lowest BCUT2D eigenvalue weighted by Crippen LogP contribution is -2.35. The Morgan fingerprint density at radius 1 is 1.12 bits per heavy atom. The van der Waals surface area contributed by atoms with E-state index in [2.05, 4.69) is 40.9 Å². The van der Waals surface area contributed by atoms with Crippen LogP contribution in [0.2, 0.25) is 0 Å². The van der Waals surface area contributed by atoms with E-state index < -0.39 is 31.1 Å². The van der Waals surface area contributed by atoms with Crippen molar-refractivity contribution in [2.45, 2.75) is 62.8 Å². The molecule has 33 heavy (non-hydrogen) atoms. The van der Waals surface area contributed by atoms with Gasteiger partial charge in [-0.3, -0.25) is 4.90 Å². The van der Waals surface area contributed by atoms with E-state index in [4.69, 9.17) is 0 Å². The average molecular weight is 530 g/mol. The highest BCUT2D eigenvalue weighted by atomic mass is 32.3. The number of pyridine rings is 1. The van der Waals surface area contributed by atoms with Crippen LogP contribution < -0.4 is 4.57 Å². The number of halogens is 6. The van der Waals surface area contributed by atoms with Crippen molar-refractivity contribution in [1.82, 2.24) is 4.90 Å². The molecule has 16 heteroatoms. The minimum absolute atomic E-state index is 0.294. The number of aromatic nitrogens is 1. The van der Waals surface area contributed by atoms with Gasteiger partial charge in [-0.1, -0.05) is 13.3 Å². The summed E-state index contributed by atoms with van der Waals surface area (Å²) in [6.45, 7) is 5.71. The van der Waals surface area contributed by atoms with Gasteiger partial charge >= 0.3 is 11.0 Å². The molecule has 0 aliphatic carbocycles. The SMILES string of the molecule is CCCC[n+]1cccc(CN2CCC[C@H]2CO)c1.O=S(=O)([N-]S(=O)(=O)C(F)(F)F)C(F)(F)F. The van der Waals surface area contributed by atoms with Gasteiger partial charge in [-0.05, 0) is 25.5 Å². The van der Waals surface area contributed by atoms with Gasteiger partial charge in [0.2, 0.25) is 0 Å². The van der Waals surface area contributed by atoms with Crippen molar-refractivity contribution >= 4 is 20.0 Å². The Morgan fingerprint density at radius 2 is 1.70 bits per heavy atom. The number of aryl methyl sites for hydroxylation is 1. The predicted molar refractivity (Wildman–Crippen MR) is 105 cm³/mol. The summed E-state index contributed by atoms with van der Waals surface area (Å²) < 4.78 is 111. The lowest BCUT2D eigenvalue weighted by Gasteiger charge is -2.22. The van der Waals surface area contributed by atoms with Gasteiger partial charge in [0.05, 0.1) is 6.61 Å². The van der Waals surface area contributed by atoms with Crippen LogP contribution in [0.15, 0.2) is 24.5 Å². The summed E-state index contributed by atoms with van der Waals surface area (Å²) in [5.41, 5.74) is -11.1. The average Bonchev–Trinajstić information content (AvgIpc) is 3.11. The monoisotopic (exact) mass is 529 g/mol. The Bertz CT molecular complexity index is 926. The molecule has 1 aliphatic heterocycles. The topological polar surface area (TPSA) is 110 Å². The van der Waals surface area contributed by atoms with Crippen LogP contribution in [-0.2, 0) is 33.1 Å². The van der Waals surface area contributed by atoms with E-state index in [1.807, 2.05) is 0 Å². The Balaban J connectivity index is 0.000000337. The standard InChI is InChI=1S/C15H25N2O.C2F6NO4S2/c1-2-3-8-16-9-4-6-14(11-16)12-17-10-5-7-15(17)13-18;3-1(4,5)14(10,11)9-15(12,13)2(6,7)8/h4,6,9,11,15,18H,2-3,5,7-8,10,12-13H2,1H3;/q+1;-1/t15-;/m0./s1. The van der Waals surface area contributed by atoms with Gasteiger partial charge in [0, 0.05) is 30.6 Å². The molecule has 2 heterocycles. The van der Waals surface area contributed by atoms with Crippen LogP contribution in [0.4, 0.5) is 26.3 Å². The minimum Gasteiger partial charge on any atom is -0.421 e. The first-order chi connectivity index (χ1) is 15.0. The lowest BCUT2D eigenvalue weighted by molar-refractivity contribution is -0.697. The smallest absolute Gasteiger partial charge is 0.421 e. The molecule has 0 spiro atoms. The third kappa shape index (κ3) is 8.99. The molecule has 0 aromatic carbocycles. The molecular weight excluding hydrogens is 504 g/mol. The highest BCUT2D eigenvalue weighted by Gasteiger charge is 2.46. The first-order valence-electron chi connectivity index (χ1n) is 9.73. The van der Waals surface area contributed by atoms with Gasteiger partial charge in [-0.25, -0.2) is 21.4 Å². The van der Waals surface area contributed by atoms with Gasteiger partial charge in [-0.2, -0.15) is 26.3 Å². The molecule has 1 atom stereocenters. The Kier molecular flexibility index (Phi) is 10.5. The van der Waals surface area contributed by atoms with Crippen molar-refractivity contribution < 1.29 is 52.9 Å². The second-order valence-electron chi connectivity index (χ2n) is 7.17. The molecule has 1 N–H and O–H groups in total. The minimum atomic E-state index is -6.72. The van der Waals surface area contributed by atoms with Crippen molar-refractivity contribution in [1.29, 1.82) is 0 Å². The quantitative estimate of drug-likeness (QED) is 0.410. The van der Waals surface area contributed by atoms with Crippen LogP contribution in [0, 0.1) is 0 Å². The maximum absolute atomic E-state index is 11.4. The van der Waals surface area contributed by atoms with Crippen molar-refractivity contribution in [3.05, 3.63) is 34.2 Å². The molecule has 1 aromatic heterocycles. The molecule has 0 bridgehead atoms. The van der Waals surface area contributed by atoms with E-state index in [9.17, 15) is 48.3 Å². The molecule has 2 rings (SSSR count). The fourth-order valence-corrected chi connectivity index (χ4v) is 4.62. The first-order valence-corrected chi connectivity index (χ1v) is 12.6. The molecule has 0 saturated carbocycles. The Labute approximate surface area is 188 Å². The number of likely N-dealkylation sites (tertiary alicyclic amines) is 1. The van der Waals surface area contributed by atoms with Crippen LogP contribution in [0.25, 0.3) is 4.13 Å². The number of unbranched alkanes of at least 4 members (excludes halogenated alkanes) is 1. The lowest BCUT2D eigenvalue weighted by atomic mass is 10.2. The maximum Gasteiger partial charge on any atom is 0.480 e. The van der Waals surface area contributed by atoms with Crippen LogP contribution in [0.5, 0.6) is 0 Å². The molecule has 8 nitrogen and oxygen atoms in total. The zero-order valence-corrected chi connectivity index (χ0v) is 19.2. The van der Waals surface area contributed by atoms with Crippen molar-refractivity contribution in [2.24, 2.45) is 0 Å². The number of rotatable bonds is 8. The summed E-state index contributed by atoms with van der Waals surface area (Å²) in [4.78, 5) is 2.40. The Morgan fingerprint density at radius 3 is 2.18 bits per heavy atom. The predicted octanol–water partition coefficient (Wildman–Crippen LogP) is 2.79. The van der Waals surface area contributed by atoms with Gasteiger partial charge in [0.1, 0.15) is 6.54 Å². The normalized spacial score (nSPS) is 18.1. The molecule has 0 amide bonds. The summed E-state index contributed by atoms with van der Waals surface area (Å²) >= 11 is 0. The van der Waals surface area contributed by atoms with E-state index in [1.54, 1.807) is 0 Å². The second-order valence-corrected chi connectivity index (χ2v) is 10.6. The molecule has 0 unspecified atom stereocenters. The summed E-state index contributed by atoms with van der Waals surface area (Å²) in [6, 6.07) is 4.69. The summed E-state index contributed by atoms with van der Waals surface area (Å²) in [6.07, 6.45) is 9.22. The largest absolute Gasteiger partial charge is 0.480 e. The van der Waals surface area contributed by atoms with Crippen molar-refractivity contribution in [2.75, 3.05) is 13.2 Å². The fourth-order valence-electron chi connectivity index (χ4n) is 2.91. The molecule has 1 saturated heterocycles. The summed E-state index contributed by atoms with van der Waals surface area (Å²) in [5.74, 6) is 0. The zero-order chi connectivity index (χ0) is 25.5. The van der Waals surface area contributed by atoms with E-state index in [0.29, 0.717) is 12.6 Å². The summed E-state index contributed by atoms with van der Waals surface area (Å²) in [7, 11) is -13.4. The number of hydrogen-bond acceptors (Lipinski definition) is 6. The molecule has 1 fully saturated rings. The van der Waals surface area contributed by atoms with Gasteiger partial charge in [0.25, 0.3) is 0 Å². The second kappa shape index (κ2) is 11.8. The summed E-state index contributed by atoms with van der Waals surface area (Å²) in [5, 5.41) is 9.34. The van der Waals surface area contributed by atoms with Gasteiger partial charge in [0.15, 0.2) is 32.4 Å². The molecular formula is C17H25F6N3O5S2. The Hall–Kier alpha value is -1.49. The number of nitrogens with zero attached hydrogens (tertiary/aromatic N) is 3. The van der Waals surface area contributed by atoms with E-state index >= 15 is 0 Å². The fraction of sp³-hybridized carbons (Fsp3) is 0.706. The molecule has 192 valence electrons. The number of aliphatic hydroxyl groups excluding tert-OH is 1. The maximum atomic E-state index is 11.4. The molecule has 1 aromatic rings. The van der Waals surface area contributed by atoms with Crippen molar-refractivity contribution in [3.8, 4) is 0 Å². The zero-order valence-electron chi connectivity index (χ0n) is 17.5. The van der Waals surface area contributed by atoms with Gasteiger partial charge in [-0.15, -0.1) is 0 Å². The van der Waals surface area contributed by atoms with Crippen LogP contribution >= 0.6 is 0 Å². The number of sulfonamides is 2.